The van der Waals surface area contributed by atoms with E-state index in [9.17, 15) is 19.5 Å². The van der Waals surface area contributed by atoms with Crippen LogP contribution < -0.4 is 10.6 Å². The molecule has 3 heterocycles. The van der Waals surface area contributed by atoms with Crippen molar-refractivity contribution in [1.29, 1.82) is 0 Å². The Morgan fingerprint density at radius 2 is 1.90 bits per heavy atom. The highest BCUT2D eigenvalue weighted by Gasteiger charge is 2.75. The summed E-state index contributed by atoms with van der Waals surface area (Å²) in [7, 11) is 0. The molecule has 0 saturated carbocycles. The van der Waals surface area contributed by atoms with Crippen LogP contribution in [0, 0.1) is 11.8 Å². The predicted octanol–water partition coefficient (Wildman–Crippen LogP) is 1.67. The van der Waals surface area contributed by atoms with E-state index >= 15 is 0 Å². The van der Waals surface area contributed by atoms with Gasteiger partial charge in [-0.1, -0.05) is 42.6 Å². The van der Waals surface area contributed by atoms with Crippen LogP contribution in [0.2, 0.25) is 0 Å². The lowest BCUT2D eigenvalue weighted by molar-refractivity contribution is -0.140. The summed E-state index contributed by atoms with van der Waals surface area (Å²) in [5.74, 6) is -1.22. The second-order valence-electron chi connectivity index (χ2n) is 8.56. The number of thioether (sulfide) groups is 1. The first-order chi connectivity index (χ1) is 14.4. The number of carbonyl (C=O) groups is 3. The summed E-state index contributed by atoms with van der Waals surface area (Å²) >= 11 is 5.40. The quantitative estimate of drug-likeness (QED) is 0.294. The molecular formula is C21H34BrN3O4S. The number of rotatable bonds is 11. The number of fused-ring (bicyclic) bond motifs is 1. The molecule has 170 valence electrons. The van der Waals surface area contributed by atoms with Crippen molar-refractivity contribution >= 4 is 45.4 Å². The average Bonchev–Trinajstić information content (AvgIpc) is 3.31. The lowest BCUT2D eigenvalue weighted by atomic mass is 9.70. The van der Waals surface area contributed by atoms with Crippen molar-refractivity contribution < 1.29 is 19.5 Å². The molecule has 7 nitrogen and oxygen atoms in total. The van der Waals surface area contributed by atoms with E-state index in [1.807, 2.05) is 6.92 Å². The van der Waals surface area contributed by atoms with E-state index in [0.717, 1.165) is 25.7 Å². The predicted molar refractivity (Wildman–Crippen MR) is 121 cm³/mol. The van der Waals surface area contributed by atoms with E-state index in [0.29, 0.717) is 32.5 Å². The van der Waals surface area contributed by atoms with E-state index in [2.05, 4.69) is 33.5 Å². The highest BCUT2D eigenvalue weighted by atomic mass is 79.9. The fourth-order valence-electron chi connectivity index (χ4n) is 5.26. The molecule has 3 unspecified atom stereocenters. The van der Waals surface area contributed by atoms with Crippen LogP contribution in [0.3, 0.4) is 0 Å². The molecule has 9 heteroatoms. The Balaban J connectivity index is 1.88. The Kier molecular flexibility index (Phi) is 8.12. The zero-order valence-electron chi connectivity index (χ0n) is 17.9. The van der Waals surface area contributed by atoms with Gasteiger partial charge in [0, 0.05) is 36.3 Å². The molecule has 30 heavy (non-hydrogen) atoms. The van der Waals surface area contributed by atoms with Crippen molar-refractivity contribution in [2.45, 2.75) is 73.2 Å². The number of unbranched alkanes of at least 4 members (excludes halogenated alkanes) is 2. The van der Waals surface area contributed by atoms with Crippen molar-refractivity contribution in [2.24, 2.45) is 11.8 Å². The number of nitrogens with one attached hydrogen (secondary N) is 2. The first kappa shape index (κ1) is 23.9. The highest BCUT2D eigenvalue weighted by Crippen LogP contribution is 2.67. The molecule has 6 atom stereocenters. The Morgan fingerprint density at radius 3 is 2.57 bits per heavy atom. The number of aliphatic hydroxyl groups is 1. The zero-order chi connectivity index (χ0) is 21.9. The minimum Gasteiger partial charge on any atom is -0.396 e. The third-order valence-corrected chi connectivity index (χ3v) is 9.75. The zero-order valence-corrected chi connectivity index (χ0v) is 20.3. The molecule has 0 aromatic rings. The van der Waals surface area contributed by atoms with Crippen molar-refractivity contribution in [3.63, 3.8) is 0 Å². The minimum atomic E-state index is -0.595. The Bertz CT molecular complexity index is 666. The number of amides is 3. The standard InChI is InChI=1S/C21H34BrN3O4S/c1-3-5-6-9-24-19(28)17-21-12-13(22)16(30-21)14(18(27)23-8-4-2)15(21)20(29)25(17)10-7-11-26/h13-17,26H,3-12H2,1-2H3,(H,23,27)(H,24,28)/t13?,14-,15-,16-,17?,21?/m0/s1. The first-order valence-electron chi connectivity index (χ1n) is 11.2. The highest BCUT2D eigenvalue weighted by molar-refractivity contribution is 9.09. The van der Waals surface area contributed by atoms with E-state index < -0.39 is 22.6 Å². The molecule has 0 radical (unpaired) electrons. The average molecular weight is 504 g/mol. The SMILES string of the molecule is CCCCCNC(=O)C1N(CCCO)C(=O)[C@@H]2[C@H](C(=O)NCCC)[C@H]3SC12CC3Br. The van der Waals surface area contributed by atoms with Crippen LogP contribution in [0.1, 0.15) is 52.4 Å². The fourth-order valence-corrected chi connectivity index (χ4v) is 8.87. The van der Waals surface area contributed by atoms with Crippen molar-refractivity contribution in [3.8, 4) is 0 Å². The van der Waals surface area contributed by atoms with Crippen LogP contribution in [0.15, 0.2) is 0 Å². The summed E-state index contributed by atoms with van der Waals surface area (Å²) in [5, 5.41) is 15.3. The number of carbonyl (C=O) groups excluding carboxylic acids is 3. The molecule has 3 rings (SSSR count). The molecule has 2 bridgehead atoms. The van der Waals surface area contributed by atoms with Crippen LogP contribution in [0.25, 0.3) is 0 Å². The van der Waals surface area contributed by atoms with Gasteiger partial charge < -0.3 is 20.6 Å². The maximum atomic E-state index is 13.5. The van der Waals surface area contributed by atoms with Gasteiger partial charge in [0.25, 0.3) is 0 Å². The summed E-state index contributed by atoms with van der Waals surface area (Å²) in [6.07, 6.45) is 4.99. The van der Waals surface area contributed by atoms with Crippen molar-refractivity contribution in [1.82, 2.24) is 15.5 Å². The van der Waals surface area contributed by atoms with Crippen molar-refractivity contribution in [3.05, 3.63) is 0 Å². The summed E-state index contributed by atoms with van der Waals surface area (Å²) in [4.78, 5) is 41.6. The molecule has 3 fully saturated rings. The Labute approximate surface area is 191 Å². The van der Waals surface area contributed by atoms with E-state index in [4.69, 9.17) is 0 Å². The molecule has 1 spiro atoms. The topological polar surface area (TPSA) is 98.7 Å². The Morgan fingerprint density at radius 1 is 1.17 bits per heavy atom. The third-order valence-electron chi connectivity index (χ3n) is 6.53. The number of likely N-dealkylation sites (tertiary alicyclic amines) is 1. The van der Waals surface area contributed by atoms with Crippen LogP contribution in [-0.4, -0.2) is 74.8 Å². The molecular weight excluding hydrogens is 470 g/mol. The van der Waals surface area contributed by atoms with Crippen LogP contribution in [0.4, 0.5) is 0 Å². The van der Waals surface area contributed by atoms with E-state index in [1.165, 1.54) is 0 Å². The van der Waals surface area contributed by atoms with E-state index in [-0.39, 0.29) is 34.4 Å². The van der Waals surface area contributed by atoms with E-state index in [1.54, 1.807) is 16.7 Å². The van der Waals surface area contributed by atoms with Gasteiger partial charge >= 0.3 is 0 Å². The lowest BCUT2D eigenvalue weighted by Crippen LogP contribution is -2.55. The van der Waals surface area contributed by atoms with Crippen molar-refractivity contribution in [2.75, 3.05) is 26.2 Å². The molecule has 0 aliphatic carbocycles. The van der Waals surface area contributed by atoms with Crippen LogP contribution >= 0.6 is 27.7 Å². The molecule has 0 aromatic heterocycles. The van der Waals surface area contributed by atoms with Gasteiger partial charge in [-0.05, 0) is 25.7 Å². The first-order valence-corrected chi connectivity index (χ1v) is 13.0. The summed E-state index contributed by atoms with van der Waals surface area (Å²) < 4.78 is -0.589. The lowest BCUT2D eigenvalue weighted by Gasteiger charge is -2.35. The minimum absolute atomic E-state index is 0.00816. The molecule has 3 aliphatic heterocycles. The second kappa shape index (κ2) is 10.2. The molecule has 0 aromatic carbocycles. The third kappa shape index (κ3) is 4.13. The van der Waals surface area contributed by atoms with Gasteiger partial charge in [0.1, 0.15) is 6.04 Å². The normalized spacial score (nSPS) is 34.3. The maximum Gasteiger partial charge on any atom is 0.244 e. The fraction of sp³-hybridized carbons (Fsp3) is 0.857. The number of halogens is 1. The summed E-state index contributed by atoms with van der Waals surface area (Å²) in [6.45, 7) is 5.60. The van der Waals surface area contributed by atoms with Gasteiger partial charge in [0.05, 0.1) is 16.6 Å². The van der Waals surface area contributed by atoms with Gasteiger partial charge in [-0.3, -0.25) is 14.4 Å². The number of hydrogen-bond acceptors (Lipinski definition) is 5. The number of hydrogen-bond donors (Lipinski definition) is 3. The smallest absolute Gasteiger partial charge is 0.244 e. The van der Waals surface area contributed by atoms with Gasteiger partial charge in [-0.2, -0.15) is 0 Å². The van der Waals surface area contributed by atoms with Crippen LogP contribution in [-0.2, 0) is 14.4 Å². The second-order valence-corrected chi connectivity index (χ2v) is 11.3. The molecule has 3 saturated heterocycles. The summed E-state index contributed by atoms with van der Waals surface area (Å²) in [6, 6.07) is -0.595. The van der Waals surface area contributed by atoms with Gasteiger partial charge in [0.2, 0.25) is 17.7 Å². The molecule has 3 N–H and O–H groups in total. The number of nitrogens with zero attached hydrogens (tertiary/aromatic N) is 1. The monoisotopic (exact) mass is 503 g/mol. The summed E-state index contributed by atoms with van der Waals surface area (Å²) in [5.41, 5.74) is 0. The van der Waals surface area contributed by atoms with Gasteiger partial charge in [-0.15, -0.1) is 11.8 Å². The maximum absolute atomic E-state index is 13.5. The number of alkyl halides is 1. The van der Waals surface area contributed by atoms with Gasteiger partial charge in [0.15, 0.2) is 0 Å². The largest absolute Gasteiger partial charge is 0.396 e. The number of aliphatic hydroxyl groups excluding tert-OH is 1. The van der Waals surface area contributed by atoms with Crippen LogP contribution in [0.5, 0.6) is 0 Å². The van der Waals surface area contributed by atoms with Gasteiger partial charge in [-0.25, -0.2) is 0 Å². The molecule has 3 aliphatic rings. The molecule has 3 amide bonds. The Hall–Kier alpha value is -0.800.